The number of pyridine rings is 1. The zero-order valence-electron chi connectivity index (χ0n) is 11.1. The molecular weight excluding hydrogens is 325 g/mol. The Labute approximate surface area is 135 Å². The van der Waals surface area contributed by atoms with E-state index in [9.17, 15) is 4.39 Å². The first kappa shape index (κ1) is 14.6. The molecule has 0 aliphatic rings. The number of rotatable bonds is 3. The average molecular weight is 334 g/mol. The zero-order chi connectivity index (χ0) is 15.5. The van der Waals surface area contributed by atoms with Gasteiger partial charge in [0.05, 0.1) is 11.2 Å². The number of halogens is 2. The highest BCUT2D eigenvalue weighted by Gasteiger charge is 2.09. The van der Waals surface area contributed by atoms with Crippen LogP contribution in [0.5, 0.6) is 0 Å². The summed E-state index contributed by atoms with van der Waals surface area (Å²) >= 11 is 11.1. The van der Waals surface area contributed by atoms with E-state index in [1.165, 1.54) is 23.0 Å². The maximum absolute atomic E-state index is 13.8. The summed E-state index contributed by atoms with van der Waals surface area (Å²) in [5.74, 6) is -0.0417. The van der Waals surface area contributed by atoms with Crippen LogP contribution in [0.3, 0.4) is 0 Å². The predicted molar refractivity (Wildman–Crippen MR) is 85.0 cm³/mol. The van der Waals surface area contributed by atoms with Gasteiger partial charge in [0, 0.05) is 11.8 Å². The summed E-state index contributed by atoms with van der Waals surface area (Å²) in [6.45, 7) is 0. The van der Waals surface area contributed by atoms with Crippen molar-refractivity contribution in [3.05, 3.63) is 63.8 Å². The van der Waals surface area contributed by atoms with Crippen molar-refractivity contribution in [2.45, 2.75) is 0 Å². The third-order valence-corrected chi connectivity index (χ3v) is 3.44. The van der Waals surface area contributed by atoms with E-state index in [1.54, 1.807) is 24.4 Å². The molecule has 2 aromatic heterocycles. The first-order valence-corrected chi connectivity index (χ1v) is 7.02. The van der Waals surface area contributed by atoms with E-state index in [0.717, 1.165) is 0 Å². The minimum absolute atomic E-state index is 0.180. The van der Waals surface area contributed by atoms with Crippen molar-refractivity contribution in [3.63, 3.8) is 0 Å². The van der Waals surface area contributed by atoms with Gasteiger partial charge in [-0.25, -0.2) is 9.49 Å². The molecule has 0 saturated carbocycles. The third kappa shape index (κ3) is 2.81. The first-order valence-electron chi connectivity index (χ1n) is 6.24. The smallest absolute Gasteiger partial charge is 0.216 e. The highest BCUT2D eigenvalue weighted by atomic mass is 35.5. The normalized spacial score (nSPS) is 11.2. The Hall–Kier alpha value is -2.38. The Bertz CT molecular complexity index is 867. The number of H-pyrrole nitrogens is 1. The van der Waals surface area contributed by atoms with Crippen LogP contribution in [0, 0.1) is 10.6 Å². The molecule has 1 N–H and O–H groups in total. The molecule has 0 atom stereocenters. The molecule has 22 heavy (non-hydrogen) atoms. The monoisotopic (exact) mass is 333 g/mol. The van der Waals surface area contributed by atoms with Crippen molar-refractivity contribution < 1.29 is 4.39 Å². The van der Waals surface area contributed by atoms with Crippen LogP contribution < -0.4 is 0 Å². The molecule has 0 bridgehead atoms. The van der Waals surface area contributed by atoms with Gasteiger partial charge >= 0.3 is 0 Å². The van der Waals surface area contributed by atoms with Gasteiger partial charge in [-0.3, -0.25) is 4.98 Å². The SMILES string of the molecule is Fc1cccc(Cl)c1/C=N\n1c(-c2ccccn2)n[nH]c1=S. The Morgan fingerprint density at radius 3 is 2.86 bits per heavy atom. The van der Waals surface area contributed by atoms with E-state index in [2.05, 4.69) is 20.3 Å². The summed E-state index contributed by atoms with van der Waals surface area (Å²) in [5, 5.41) is 11.1. The van der Waals surface area contributed by atoms with Crippen molar-refractivity contribution in [2.75, 3.05) is 0 Å². The van der Waals surface area contributed by atoms with Gasteiger partial charge in [-0.2, -0.15) is 14.9 Å². The van der Waals surface area contributed by atoms with Crippen LogP contribution in [0.1, 0.15) is 5.56 Å². The zero-order valence-corrected chi connectivity index (χ0v) is 12.6. The first-order chi connectivity index (χ1) is 10.7. The summed E-state index contributed by atoms with van der Waals surface area (Å²) in [4.78, 5) is 4.19. The lowest BCUT2D eigenvalue weighted by Gasteiger charge is -2.01. The van der Waals surface area contributed by atoms with Gasteiger partial charge < -0.3 is 0 Å². The molecule has 0 aliphatic carbocycles. The predicted octanol–water partition coefficient (Wildman–Crippen LogP) is 3.68. The van der Waals surface area contributed by atoms with Gasteiger partial charge in [0.2, 0.25) is 10.6 Å². The lowest BCUT2D eigenvalue weighted by molar-refractivity contribution is 0.625. The highest BCUT2D eigenvalue weighted by molar-refractivity contribution is 7.71. The van der Waals surface area contributed by atoms with Crippen LogP contribution in [-0.2, 0) is 0 Å². The molecule has 8 heteroatoms. The molecule has 110 valence electrons. The van der Waals surface area contributed by atoms with Crippen molar-refractivity contribution in [1.82, 2.24) is 19.9 Å². The summed E-state index contributed by atoms with van der Waals surface area (Å²) < 4.78 is 15.4. The van der Waals surface area contributed by atoms with E-state index >= 15 is 0 Å². The largest absolute Gasteiger partial charge is 0.253 e. The van der Waals surface area contributed by atoms with Gasteiger partial charge in [-0.1, -0.05) is 23.7 Å². The standard InChI is InChI=1S/C14H9ClFN5S/c15-10-4-3-5-11(16)9(10)8-18-21-13(19-20-14(21)22)12-6-1-2-7-17-12/h1-8H,(H,20,22)/b18-8-. The molecule has 1 aromatic carbocycles. The van der Waals surface area contributed by atoms with Gasteiger partial charge in [-0.05, 0) is 36.5 Å². The molecule has 0 fully saturated rings. The van der Waals surface area contributed by atoms with Crippen molar-refractivity contribution in [3.8, 4) is 11.5 Å². The van der Waals surface area contributed by atoms with Crippen molar-refractivity contribution in [1.29, 1.82) is 0 Å². The van der Waals surface area contributed by atoms with Crippen LogP contribution in [0.15, 0.2) is 47.7 Å². The van der Waals surface area contributed by atoms with E-state index in [4.69, 9.17) is 23.8 Å². The van der Waals surface area contributed by atoms with Crippen molar-refractivity contribution in [2.24, 2.45) is 5.10 Å². The number of aromatic nitrogens is 4. The molecule has 0 saturated heterocycles. The second-order valence-corrected chi connectivity index (χ2v) is 5.05. The second kappa shape index (κ2) is 6.17. The molecule has 2 heterocycles. The fourth-order valence-corrected chi connectivity index (χ4v) is 2.20. The fraction of sp³-hybridized carbons (Fsp3) is 0. The van der Waals surface area contributed by atoms with Crippen molar-refractivity contribution >= 4 is 30.0 Å². The Kier molecular flexibility index (Phi) is 4.08. The number of hydrogen-bond donors (Lipinski definition) is 1. The van der Waals surface area contributed by atoms with E-state index < -0.39 is 5.82 Å². The fourth-order valence-electron chi connectivity index (χ4n) is 1.81. The van der Waals surface area contributed by atoms with Gasteiger partial charge in [-0.15, -0.1) is 0 Å². The van der Waals surface area contributed by atoms with Gasteiger partial charge in [0.15, 0.2) is 0 Å². The minimum Gasteiger partial charge on any atom is -0.253 e. The molecule has 0 spiro atoms. The molecule has 0 unspecified atom stereocenters. The highest BCUT2D eigenvalue weighted by Crippen LogP contribution is 2.18. The maximum atomic E-state index is 13.8. The van der Waals surface area contributed by atoms with Crippen LogP contribution in [0.2, 0.25) is 5.02 Å². The third-order valence-electron chi connectivity index (χ3n) is 2.85. The lowest BCUT2D eigenvalue weighted by atomic mass is 10.2. The quantitative estimate of drug-likeness (QED) is 0.587. The number of hydrogen-bond acceptors (Lipinski definition) is 4. The Balaban J connectivity index is 2.05. The van der Waals surface area contributed by atoms with Crippen LogP contribution in [0.4, 0.5) is 4.39 Å². The summed E-state index contributed by atoms with van der Waals surface area (Å²) in [6.07, 6.45) is 2.93. The second-order valence-electron chi connectivity index (χ2n) is 4.26. The molecule has 3 rings (SSSR count). The minimum atomic E-state index is -0.467. The molecule has 0 radical (unpaired) electrons. The Morgan fingerprint density at radius 2 is 2.14 bits per heavy atom. The van der Waals surface area contributed by atoms with E-state index in [0.29, 0.717) is 11.5 Å². The van der Waals surface area contributed by atoms with Crippen LogP contribution in [-0.4, -0.2) is 26.1 Å². The lowest BCUT2D eigenvalue weighted by Crippen LogP contribution is -1.98. The number of nitrogens with zero attached hydrogens (tertiary/aromatic N) is 4. The Morgan fingerprint density at radius 1 is 1.27 bits per heavy atom. The molecule has 0 aliphatic heterocycles. The summed E-state index contributed by atoms with van der Waals surface area (Å²) in [7, 11) is 0. The summed E-state index contributed by atoms with van der Waals surface area (Å²) in [5.41, 5.74) is 0.769. The molecular formula is C14H9ClFN5S. The molecule has 3 aromatic rings. The van der Waals surface area contributed by atoms with Gasteiger partial charge in [0.25, 0.3) is 0 Å². The number of nitrogens with one attached hydrogen (secondary N) is 1. The maximum Gasteiger partial charge on any atom is 0.216 e. The number of benzene rings is 1. The van der Waals surface area contributed by atoms with E-state index in [-0.39, 0.29) is 15.4 Å². The van der Waals surface area contributed by atoms with E-state index in [1.807, 2.05) is 6.07 Å². The average Bonchev–Trinajstić information content (AvgIpc) is 2.89. The molecule has 0 amide bonds. The molecule has 5 nitrogen and oxygen atoms in total. The van der Waals surface area contributed by atoms with Crippen LogP contribution in [0.25, 0.3) is 11.5 Å². The van der Waals surface area contributed by atoms with Gasteiger partial charge in [0.1, 0.15) is 11.5 Å². The topological polar surface area (TPSA) is 58.9 Å². The number of aromatic amines is 1. The van der Waals surface area contributed by atoms with Crippen LogP contribution >= 0.6 is 23.8 Å². The summed E-state index contributed by atoms with van der Waals surface area (Å²) in [6, 6.07) is 9.80.